The number of nitrogens with two attached hydrogens (primary N) is 1. The second-order valence-electron chi connectivity index (χ2n) is 6.85. The number of hydrogen-bond acceptors (Lipinski definition) is 3. The average Bonchev–Trinajstić information content (AvgIpc) is 2.09. The lowest BCUT2D eigenvalue weighted by molar-refractivity contribution is 0.132. The molecule has 104 valence electrons. The standard InChI is InChI=1S/C14H32N2O/c1-13(2,3)11-14(4,5)16-12(10-17-6)8-7-9-15/h12,16H,7-11,15H2,1-6H3. The maximum Gasteiger partial charge on any atom is 0.0616 e. The van der Waals surface area contributed by atoms with Crippen LogP contribution >= 0.6 is 0 Å². The highest BCUT2D eigenvalue weighted by Gasteiger charge is 2.27. The minimum absolute atomic E-state index is 0.135. The molecule has 1 atom stereocenters. The van der Waals surface area contributed by atoms with Crippen molar-refractivity contribution in [1.82, 2.24) is 5.32 Å². The Hall–Kier alpha value is -0.120. The Morgan fingerprint density at radius 3 is 2.18 bits per heavy atom. The summed E-state index contributed by atoms with van der Waals surface area (Å²) in [5, 5.41) is 3.71. The highest BCUT2D eigenvalue weighted by molar-refractivity contribution is 4.86. The molecule has 0 bridgehead atoms. The van der Waals surface area contributed by atoms with Crippen molar-refractivity contribution >= 4 is 0 Å². The highest BCUT2D eigenvalue weighted by Crippen LogP contribution is 2.27. The second kappa shape index (κ2) is 7.34. The van der Waals surface area contributed by atoms with Crippen molar-refractivity contribution in [2.45, 2.75) is 65.5 Å². The SMILES string of the molecule is COCC(CCCN)NC(C)(C)CC(C)(C)C. The molecule has 0 radical (unpaired) electrons. The molecule has 0 aliphatic rings. The molecule has 3 N–H and O–H groups in total. The van der Waals surface area contributed by atoms with Crippen LogP contribution in [0.2, 0.25) is 0 Å². The van der Waals surface area contributed by atoms with E-state index in [-0.39, 0.29) is 5.54 Å². The number of rotatable bonds is 8. The molecule has 0 aromatic rings. The van der Waals surface area contributed by atoms with E-state index in [0.29, 0.717) is 11.5 Å². The average molecular weight is 244 g/mol. The largest absolute Gasteiger partial charge is 0.383 e. The topological polar surface area (TPSA) is 47.3 Å². The van der Waals surface area contributed by atoms with Gasteiger partial charge in [0, 0.05) is 18.7 Å². The van der Waals surface area contributed by atoms with Crippen molar-refractivity contribution in [1.29, 1.82) is 0 Å². The molecule has 0 saturated heterocycles. The van der Waals surface area contributed by atoms with E-state index in [0.717, 1.165) is 32.4 Å². The van der Waals surface area contributed by atoms with E-state index in [1.807, 2.05) is 0 Å². The van der Waals surface area contributed by atoms with E-state index in [1.165, 1.54) is 0 Å². The Morgan fingerprint density at radius 1 is 1.18 bits per heavy atom. The van der Waals surface area contributed by atoms with Crippen molar-refractivity contribution in [3.8, 4) is 0 Å². The number of hydrogen-bond donors (Lipinski definition) is 2. The first-order chi connectivity index (χ1) is 7.70. The first-order valence-corrected chi connectivity index (χ1v) is 6.67. The van der Waals surface area contributed by atoms with Crippen molar-refractivity contribution in [3.05, 3.63) is 0 Å². The van der Waals surface area contributed by atoms with E-state index in [1.54, 1.807) is 7.11 Å². The van der Waals surface area contributed by atoms with E-state index < -0.39 is 0 Å². The van der Waals surface area contributed by atoms with Gasteiger partial charge < -0.3 is 15.8 Å². The van der Waals surface area contributed by atoms with E-state index in [2.05, 4.69) is 39.9 Å². The summed E-state index contributed by atoms with van der Waals surface area (Å²) in [4.78, 5) is 0. The monoisotopic (exact) mass is 244 g/mol. The van der Waals surface area contributed by atoms with Crippen molar-refractivity contribution in [3.63, 3.8) is 0 Å². The Bertz CT molecular complexity index is 197. The Balaban J connectivity index is 4.29. The van der Waals surface area contributed by atoms with Crippen LogP contribution in [0.1, 0.15) is 53.9 Å². The molecule has 0 saturated carbocycles. The lowest BCUT2D eigenvalue weighted by Gasteiger charge is -2.36. The zero-order valence-corrected chi connectivity index (χ0v) is 12.6. The van der Waals surface area contributed by atoms with Gasteiger partial charge >= 0.3 is 0 Å². The number of methoxy groups -OCH3 is 1. The Labute approximate surface area is 107 Å². The van der Waals surface area contributed by atoms with E-state index in [9.17, 15) is 0 Å². The fourth-order valence-corrected chi connectivity index (χ4v) is 2.69. The predicted octanol–water partition coefficient (Wildman–Crippen LogP) is 2.54. The van der Waals surface area contributed by atoms with Gasteiger partial charge in [-0.05, 0) is 45.1 Å². The van der Waals surface area contributed by atoms with Gasteiger partial charge in [-0.2, -0.15) is 0 Å². The lowest BCUT2D eigenvalue weighted by atomic mass is 9.81. The van der Waals surface area contributed by atoms with Gasteiger partial charge in [0.15, 0.2) is 0 Å². The normalized spacial score (nSPS) is 15.0. The fourth-order valence-electron chi connectivity index (χ4n) is 2.69. The fraction of sp³-hybridized carbons (Fsp3) is 1.00. The summed E-state index contributed by atoms with van der Waals surface area (Å²) in [5.74, 6) is 0. The van der Waals surface area contributed by atoms with Gasteiger partial charge in [-0.15, -0.1) is 0 Å². The molecule has 17 heavy (non-hydrogen) atoms. The third-order valence-corrected chi connectivity index (χ3v) is 2.69. The quantitative estimate of drug-likeness (QED) is 0.690. The minimum Gasteiger partial charge on any atom is -0.383 e. The summed E-state index contributed by atoms with van der Waals surface area (Å²) in [6, 6.07) is 0.404. The third-order valence-electron chi connectivity index (χ3n) is 2.69. The molecule has 0 aromatic heterocycles. The predicted molar refractivity (Wildman–Crippen MR) is 75.2 cm³/mol. The molecular formula is C14H32N2O. The van der Waals surface area contributed by atoms with Gasteiger partial charge in [0.1, 0.15) is 0 Å². The second-order valence-corrected chi connectivity index (χ2v) is 6.85. The van der Waals surface area contributed by atoms with E-state index >= 15 is 0 Å². The first-order valence-electron chi connectivity index (χ1n) is 6.67. The van der Waals surface area contributed by atoms with Crippen LogP contribution in [0.3, 0.4) is 0 Å². The summed E-state index contributed by atoms with van der Waals surface area (Å²) < 4.78 is 5.27. The lowest BCUT2D eigenvalue weighted by Crippen LogP contribution is -2.49. The maximum absolute atomic E-state index is 5.57. The molecule has 0 heterocycles. The molecule has 0 amide bonds. The number of ether oxygens (including phenoxy) is 1. The summed E-state index contributed by atoms with van der Waals surface area (Å²) in [7, 11) is 1.76. The van der Waals surface area contributed by atoms with Crippen LogP contribution in [-0.2, 0) is 4.74 Å². The van der Waals surface area contributed by atoms with Crippen LogP contribution in [0.25, 0.3) is 0 Å². The van der Waals surface area contributed by atoms with Crippen LogP contribution in [-0.4, -0.2) is 31.8 Å². The smallest absolute Gasteiger partial charge is 0.0616 e. The zero-order chi connectivity index (χ0) is 13.5. The molecule has 0 rings (SSSR count). The molecule has 0 aliphatic heterocycles. The van der Waals surface area contributed by atoms with Crippen molar-refractivity contribution in [2.24, 2.45) is 11.1 Å². The van der Waals surface area contributed by atoms with Crippen LogP contribution < -0.4 is 11.1 Å². The molecular weight excluding hydrogens is 212 g/mol. The van der Waals surface area contributed by atoms with Crippen LogP contribution in [0, 0.1) is 5.41 Å². The summed E-state index contributed by atoms with van der Waals surface area (Å²) in [6.45, 7) is 12.9. The summed E-state index contributed by atoms with van der Waals surface area (Å²) in [5.41, 5.74) is 6.04. The minimum atomic E-state index is 0.135. The first kappa shape index (κ1) is 16.9. The molecule has 0 aromatic carbocycles. The molecule has 3 nitrogen and oxygen atoms in total. The van der Waals surface area contributed by atoms with Gasteiger partial charge in [0.2, 0.25) is 0 Å². The Morgan fingerprint density at radius 2 is 1.76 bits per heavy atom. The van der Waals surface area contributed by atoms with Gasteiger partial charge in [-0.1, -0.05) is 20.8 Å². The summed E-state index contributed by atoms with van der Waals surface area (Å²) >= 11 is 0. The van der Waals surface area contributed by atoms with E-state index in [4.69, 9.17) is 10.5 Å². The molecule has 0 spiro atoms. The maximum atomic E-state index is 5.57. The van der Waals surface area contributed by atoms with Gasteiger partial charge in [-0.3, -0.25) is 0 Å². The van der Waals surface area contributed by atoms with Crippen molar-refractivity contribution < 1.29 is 4.74 Å². The molecule has 0 aliphatic carbocycles. The zero-order valence-electron chi connectivity index (χ0n) is 12.6. The van der Waals surface area contributed by atoms with Crippen LogP contribution in [0.5, 0.6) is 0 Å². The van der Waals surface area contributed by atoms with Crippen molar-refractivity contribution in [2.75, 3.05) is 20.3 Å². The third kappa shape index (κ3) is 9.57. The van der Waals surface area contributed by atoms with Crippen LogP contribution in [0.4, 0.5) is 0 Å². The molecule has 0 fully saturated rings. The highest BCUT2D eigenvalue weighted by atomic mass is 16.5. The number of nitrogens with one attached hydrogen (secondary N) is 1. The van der Waals surface area contributed by atoms with Gasteiger partial charge in [0.05, 0.1) is 6.61 Å². The Kier molecular flexibility index (Phi) is 7.29. The molecule has 1 unspecified atom stereocenters. The molecule has 3 heteroatoms. The van der Waals surface area contributed by atoms with Gasteiger partial charge in [0.25, 0.3) is 0 Å². The summed E-state index contributed by atoms with van der Waals surface area (Å²) in [6.07, 6.45) is 3.27. The van der Waals surface area contributed by atoms with Crippen LogP contribution in [0.15, 0.2) is 0 Å². The van der Waals surface area contributed by atoms with Gasteiger partial charge in [-0.25, -0.2) is 0 Å².